The Morgan fingerprint density at radius 1 is 1.09 bits per heavy atom. The van der Waals surface area contributed by atoms with Crippen molar-refractivity contribution in [1.29, 1.82) is 5.26 Å². The summed E-state index contributed by atoms with van der Waals surface area (Å²) in [6.45, 7) is 0.513. The van der Waals surface area contributed by atoms with Gasteiger partial charge in [0, 0.05) is 30.1 Å². The Bertz CT molecular complexity index is 1280. The predicted molar refractivity (Wildman–Crippen MR) is 123 cm³/mol. The summed E-state index contributed by atoms with van der Waals surface area (Å²) in [5.74, 6) is -0.763. The van der Waals surface area contributed by atoms with Gasteiger partial charge in [-0.25, -0.2) is 16.8 Å². The van der Waals surface area contributed by atoms with Gasteiger partial charge in [-0.05, 0) is 61.4 Å². The van der Waals surface area contributed by atoms with Crippen molar-refractivity contribution < 1.29 is 21.6 Å². The number of rotatable bonds is 8. The second-order valence-electron chi connectivity index (χ2n) is 7.44. The first-order chi connectivity index (χ1) is 15.6. The first-order valence-electron chi connectivity index (χ1n) is 10.1. The maximum absolute atomic E-state index is 12.8. The van der Waals surface area contributed by atoms with Crippen LogP contribution >= 0.6 is 11.6 Å². The largest absolute Gasteiger partial charge is 0.356 e. The van der Waals surface area contributed by atoms with Crippen molar-refractivity contribution in [3.8, 4) is 6.07 Å². The average Bonchev–Trinajstić information content (AvgIpc) is 3.30. The zero-order valence-electron chi connectivity index (χ0n) is 17.5. The van der Waals surface area contributed by atoms with Crippen LogP contribution in [0.2, 0.25) is 5.02 Å². The molecule has 2 aromatic rings. The van der Waals surface area contributed by atoms with E-state index in [1.54, 1.807) is 0 Å². The number of nitrogens with one attached hydrogen (secondary N) is 1. The van der Waals surface area contributed by atoms with E-state index in [4.69, 9.17) is 16.9 Å². The second kappa shape index (κ2) is 10.5. The fourth-order valence-corrected chi connectivity index (χ4v) is 6.02. The summed E-state index contributed by atoms with van der Waals surface area (Å²) in [5.41, 5.74) is 0.364. The Hall–Kier alpha value is -2.71. The fourth-order valence-electron chi connectivity index (χ4n) is 3.33. The number of hydrogen-bond donors (Lipinski definition) is 1. The Morgan fingerprint density at radius 3 is 2.36 bits per heavy atom. The maximum Gasteiger partial charge on any atom is 0.243 e. The zero-order valence-corrected chi connectivity index (χ0v) is 19.9. The summed E-state index contributed by atoms with van der Waals surface area (Å²) in [6.07, 6.45) is 2.15. The molecule has 1 fully saturated rings. The molecule has 1 aliphatic rings. The molecule has 8 nitrogen and oxygen atoms in total. The zero-order chi connectivity index (χ0) is 24.1. The van der Waals surface area contributed by atoms with Gasteiger partial charge in [-0.15, -0.1) is 0 Å². The first kappa shape index (κ1) is 24.9. The molecule has 0 saturated carbocycles. The van der Waals surface area contributed by atoms with Gasteiger partial charge in [-0.1, -0.05) is 17.7 Å². The van der Waals surface area contributed by atoms with E-state index in [2.05, 4.69) is 5.32 Å². The molecular weight excluding hydrogens is 486 g/mol. The molecule has 1 amide bonds. The average molecular weight is 508 g/mol. The molecule has 1 aliphatic heterocycles. The van der Waals surface area contributed by atoms with Gasteiger partial charge in [0.15, 0.2) is 9.84 Å². The van der Waals surface area contributed by atoms with Crippen molar-refractivity contribution >= 4 is 37.4 Å². The lowest BCUT2D eigenvalue weighted by atomic mass is 10.1. The number of benzene rings is 2. The SMILES string of the molecule is N#Cc1ccc(S(=O)(=O)N2CCC(C(=O)NCC/C=C/S(=O)(=O)c3ccc(Cl)cc3)C2)cc1. The van der Waals surface area contributed by atoms with Gasteiger partial charge in [-0.2, -0.15) is 9.57 Å². The molecule has 1 unspecified atom stereocenters. The van der Waals surface area contributed by atoms with E-state index < -0.39 is 25.8 Å². The third-order valence-corrected chi connectivity index (χ3v) is 8.78. The third kappa shape index (κ3) is 6.21. The summed E-state index contributed by atoms with van der Waals surface area (Å²) in [6, 6.07) is 13.4. The molecule has 1 atom stereocenters. The molecule has 11 heteroatoms. The van der Waals surface area contributed by atoms with E-state index in [1.807, 2.05) is 6.07 Å². The highest BCUT2D eigenvalue weighted by Gasteiger charge is 2.35. The van der Waals surface area contributed by atoms with Gasteiger partial charge in [0.05, 0.1) is 27.3 Å². The standard InChI is InChI=1S/C22H22ClN3O5S2/c23-19-5-9-20(10-6-19)32(28,29)14-2-1-12-25-22(27)18-11-13-26(16-18)33(30,31)21-7-3-17(15-24)4-8-21/h2-10,14,18H,1,11-13,16H2,(H,25,27)/b14-2+. The van der Waals surface area contributed by atoms with Crippen LogP contribution in [0.25, 0.3) is 0 Å². The second-order valence-corrected chi connectivity index (χ2v) is 11.6. The summed E-state index contributed by atoms with van der Waals surface area (Å²) in [4.78, 5) is 12.6. The Morgan fingerprint density at radius 2 is 1.73 bits per heavy atom. The molecule has 2 aromatic carbocycles. The van der Waals surface area contributed by atoms with E-state index in [-0.39, 0.29) is 35.3 Å². The van der Waals surface area contributed by atoms with E-state index in [0.717, 1.165) is 5.41 Å². The van der Waals surface area contributed by atoms with Crippen LogP contribution < -0.4 is 5.32 Å². The summed E-state index contributed by atoms with van der Waals surface area (Å²) in [5, 5.41) is 13.1. The summed E-state index contributed by atoms with van der Waals surface area (Å²) in [7, 11) is -7.34. The normalized spacial score (nSPS) is 17.2. The highest BCUT2D eigenvalue weighted by Crippen LogP contribution is 2.24. The van der Waals surface area contributed by atoms with E-state index in [1.165, 1.54) is 58.9 Å². The van der Waals surface area contributed by atoms with Gasteiger partial charge in [0.2, 0.25) is 15.9 Å². The maximum atomic E-state index is 12.8. The van der Waals surface area contributed by atoms with Gasteiger partial charge < -0.3 is 5.32 Å². The molecule has 1 saturated heterocycles. The number of halogens is 1. The van der Waals surface area contributed by atoms with Crippen molar-refractivity contribution in [1.82, 2.24) is 9.62 Å². The molecule has 33 heavy (non-hydrogen) atoms. The predicted octanol–water partition coefficient (Wildman–Crippen LogP) is 2.72. The molecular formula is C22H22ClN3O5S2. The molecule has 0 spiro atoms. The Kier molecular flexibility index (Phi) is 7.92. The summed E-state index contributed by atoms with van der Waals surface area (Å²) < 4.78 is 51.3. The Balaban J connectivity index is 1.49. The van der Waals surface area contributed by atoms with Gasteiger partial charge in [0.1, 0.15) is 0 Å². The lowest BCUT2D eigenvalue weighted by Crippen LogP contribution is -2.35. The van der Waals surface area contributed by atoms with Crippen LogP contribution in [0.1, 0.15) is 18.4 Å². The quantitative estimate of drug-likeness (QED) is 0.548. The van der Waals surface area contributed by atoms with Crippen LogP contribution in [0, 0.1) is 17.2 Å². The minimum Gasteiger partial charge on any atom is -0.356 e. The fraction of sp³-hybridized carbons (Fsp3) is 0.273. The highest BCUT2D eigenvalue weighted by molar-refractivity contribution is 7.94. The van der Waals surface area contributed by atoms with E-state index >= 15 is 0 Å². The van der Waals surface area contributed by atoms with Crippen molar-refractivity contribution in [2.24, 2.45) is 5.92 Å². The minimum atomic E-state index is -3.75. The smallest absolute Gasteiger partial charge is 0.243 e. The van der Waals surface area contributed by atoms with Crippen molar-refractivity contribution in [3.05, 3.63) is 70.6 Å². The molecule has 0 aromatic heterocycles. The van der Waals surface area contributed by atoms with Gasteiger partial charge in [0.25, 0.3) is 0 Å². The lowest BCUT2D eigenvalue weighted by Gasteiger charge is -2.16. The van der Waals surface area contributed by atoms with Crippen LogP contribution in [0.15, 0.2) is 69.8 Å². The number of amides is 1. The number of nitrogens with zero attached hydrogens (tertiary/aromatic N) is 2. The van der Waals surface area contributed by atoms with Crippen LogP contribution in [0.5, 0.6) is 0 Å². The third-order valence-electron chi connectivity index (χ3n) is 5.17. The number of nitriles is 1. The molecule has 0 aliphatic carbocycles. The number of carbonyl (C=O) groups excluding carboxylic acids is 1. The number of sulfone groups is 1. The number of carbonyl (C=O) groups is 1. The molecule has 1 heterocycles. The molecule has 3 rings (SSSR count). The number of hydrogen-bond acceptors (Lipinski definition) is 6. The summed E-state index contributed by atoms with van der Waals surface area (Å²) >= 11 is 5.77. The lowest BCUT2D eigenvalue weighted by molar-refractivity contribution is -0.124. The molecule has 174 valence electrons. The highest BCUT2D eigenvalue weighted by atomic mass is 35.5. The van der Waals surface area contributed by atoms with Crippen molar-refractivity contribution in [3.63, 3.8) is 0 Å². The van der Waals surface area contributed by atoms with Crippen LogP contribution in [-0.2, 0) is 24.7 Å². The topological polar surface area (TPSA) is 124 Å². The first-order valence-corrected chi connectivity index (χ1v) is 13.4. The van der Waals surface area contributed by atoms with Gasteiger partial charge in [-0.3, -0.25) is 4.79 Å². The molecule has 1 N–H and O–H groups in total. The molecule has 0 bridgehead atoms. The van der Waals surface area contributed by atoms with Gasteiger partial charge >= 0.3 is 0 Å². The van der Waals surface area contributed by atoms with Crippen molar-refractivity contribution in [2.75, 3.05) is 19.6 Å². The minimum absolute atomic E-state index is 0.0644. The van der Waals surface area contributed by atoms with Crippen LogP contribution in [0.4, 0.5) is 0 Å². The Labute approximate surface area is 198 Å². The van der Waals surface area contributed by atoms with E-state index in [9.17, 15) is 21.6 Å². The number of sulfonamides is 1. The van der Waals surface area contributed by atoms with E-state index in [0.29, 0.717) is 23.4 Å². The van der Waals surface area contributed by atoms with Crippen LogP contribution in [-0.4, -0.2) is 46.7 Å². The monoisotopic (exact) mass is 507 g/mol. The van der Waals surface area contributed by atoms with Crippen LogP contribution in [0.3, 0.4) is 0 Å². The molecule has 0 radical (unpaired) electrons. The van der Waals surface area contributed by atoms with Crippen molar-refractivity contribution in [2.45, 2.75) is 22.6 Å².